The Balaban J connectivity index is 2.73. The van der Waals surface area contributed by atoms with E-state index < -0.39 is 0 Å². The van der Waals surface area contributed by atoms with Gasteiger partial charge in [0.25, 0.3) is 5.56 Å². The Hall–Kier alpha value is -1.46. The zero-order valence-electron chi connectivity index (χ0n) is 7.53. The summed E-state index contributed by atoms with van der Waals surface area (Å²) in [5.41, 5.74) is -0.119. The summed E-state index contributed by atoms with van der Waals surface area (Å²) >= 11 is 6.47. The maximum absolute atomic E-state index is 11.7. The monoisotopic (exact) mass is 234 g/mol. The van der Waals surface area contributed by atoms with E-state index in [0.717, 1.165) is 14.9 Å². The lowest BCUT2D eigenvalue weighted by molar-refractivity contribution is 1.15. The molecule has 0 radical (unpaired) electrons. The molecule has 3 nitrogen and oxygen atoms in total. The van der Waals surface area contributed by atoms with Gasteiger partial charge < -0.3 is 4.98 Å². The Morgan fingerprint density at radius 3 is 2.87 bits per heavy atom. The van der Waals surface area contributed by atoms with Gasteiger partial charge in [-0.15, -0.1) is 11.3 Å². The van der Waals surface area contributed by atoms with Gasteiger partial charge in [-0.25, -0.2) is 0 Å². The Morgan fingerprint density at radius 1 is 1.20 bits per heavy atom. The van der Waals surface area contributed by atoms with Crippen molar-refractivity contribution in [1.82, 2.24) is 9.97 Å². The summed E-state index contributed by atoms with van der Waals surface area (Å²) in [5.74, 6) is 0. The Morgan fingerprint density at radius 2 is 2.00 bits per heavy atom. The largest absolute Gasteiger partial charge is 0.323 e. The first kappa shape index (κ1) is 8.82. The minimum atomic E-state index is -0.119. The van der Waals surface area contributed by atoms with Crippen LogP contribution in [0.5, 0.6) is 0 Å². The Labute approximate surface area is 93.4 Å². The maximum Gasteiger partial charge on any atom is 0.261 e. The zero-order valence-corrected chi connectivity index (χ0v) is 9.17. The van der Waals surface area contributed by atoms with Crippen molar-refractivity contribution in [3.05, 3.63) is 39.4 Å². The van der Waals surface area contributed by atoms with Gasteiger partial charge in [0.1, 0.15) is 4.83 Å². The summed E-state index contributed by atoms with van der Waals surface area (Å²) in [6, 6.07) is 7.83. The van der Waals surface area contributed by atoms with Crippen LogP contribution in [-0.4, -0.2) is 9.97 Å². The number of benzene rings is 1. The molecule has 0 bridgehead atoms. The zero-order chi connectivity index (χ0) is 10.4. The fourth-order valence-electron chi connectivity index (χ4n) is 1.66. The number of aromatic amines is 2. The maximum atomic E-state index is 11.7. The number of thiophene rings is 1. The van der Waals surface area contributed by atoms with Gasteiger partial charge in [0, 0.05) is 10.1 Å². The first-order chi connectivity index (χ1) is 7.25. The summed E-state index contributed by atoms with van der Waals surface area (Å²) in [6.45, 7) is 0. The van der Waals surface area contributed by atoms with E-state index in [0.29, 0.717) is 10.2 Å². The fraction of sp³-hybridized carbons (Fsp3) is 0. The van der Waals surface area contributed by atoms with Crippen molar-refractivity contribution < 1.29 is 0 Å². The highest BCUT2D eigenvalue weighted by atomic mass is 32.1. The van der Waals surface area contributed by atoms with Crippen molar-refractivity contribution in [2.24, 2.45) is 0 Å². The normalized spacial score (nSPS) is 11.2. The number of aromatic nitrogens is 2. The van der Waals surface area contributed by atoms with Crippen LogP contribution in [0.15, 0.2) is 29.1 Å². The molecule has 1 aromatic carbocycles. The molecule has 0 atom stereocenters. The minimum Gasteiger partial charge on any atom is -0.323 e. The standard InChI is InChI=1S/C10H6N2OS2/c13-8-7-5-3-1-2-4-6(5)15-9(7)12-10(14)11-8/h1-4H,(H2,11,12,13,14). The predicted molar refractivity (Wildman–Crippen MR) is 65.1 cm³/mol. The Bertz CT molecular complexity index is 766. The van der Waals surface area contributed by atoms with Crippen LogP contribution in [-0.2, 0) is 0 Å². The summed E-state index contributed by atoms with van der Waals surface area (Å²) in [6.07, 6.45) is 0. The number of hydrogen-bond donors (Lipinski definition) is 2. The quantitative estimate of drug-likeness (QED) is 0.588. The molecular weight excluding hydrogens is 228 g/mol. The summed E-state index contributed by atoms with van der Waals surface area (Å²) < 4.78 is 1.47. The summed E-state index contributed by atoms with van der Waals surface area (Å²) in [7, 11) is 0. The number of nitrogens with one attached hydrogen (secondary N) is 2. The fourth-order valence-corrected chi connectivity index (χ4v) is 3.02. The second kappa shape index (κ2) is 3.01. The van der Waals surface area contributed by atoms with Gasteiger partial charge in [0.2, 0.25) is 0 Å². The highest BCUT2D eigenvalue weighted by molar-refractivity contribution is 7.71. The molecule has 0 fully saturated rings. The second-order valence-corrected chi connectivity index (χ2v) is 4.67. The number of rotatable bonds is 0. The smallest absolute Gasteiger partial charge is 0.261 e. The van der Waals surface area contributed by atoms with Gasteiger partial charge in [-0.05, 0) is 18.3 Å². The van der Waals surface area contributed by atoms with Crippen LogP contribution in [0.4, 0.5) is 0 Å². The molecule has 5 heteroatoms. The van der Waals surface area contributed by atoms with E-state index in [4.69, 9.17) is 12.2 Å². The van der Waals surface area contributed by atoms with Gasteiger partial charge in [0.15, 0.2) is 4.77 Å². The lowest BCUT2D eigenvalue weighted by Gasteiger charge is -1.89. The van der Waals surface area contributed by atoms with Crippen molar-refractivity contribution in [2.45, 2.75) is 0 Å². The van der Waals surface area contributed by atoms with Crippen molar-refractivity contribution >= 4 is 43.9 Å². The third-order valence-corrected chi connectivity index (χ3v) is 3.57. The molecule has 0 aliphatic carbocycles. The molecule has 3 rings (SSSR count). The van der Waals surface area contributed by atoms with Crippen LogP contribution in [0.25, 0.3) is 20.3 Å². The average molecular weight is 234 g/mol. The van der Waals surface area contributed by atoms with Crippen LogP contribution < -0.4 is 5.56 Å². The first-order valence-corrected chi connectivity index (χ1v) is 5.62. The van der Waals surface area contributed by atoms with Crippen molar-refractivity contribution in [3.63, 3.8) is 0 Å². The van der Waals surface area contributed by atoms with Gasteiger partial charge in [-0.3, -0.25) is 9.78 Å². The van der Waals surface area contributed by atoms with Gasteiger partial charge >= 0.3 is 0 Å². The molecule has 0 saturated carbocycles. The number of fused-ring (bicyclic) bond motifs is 3. The van der Waals surface area contributed by atoms with Crippen LogP contribution >= 0.6 is 23.6 Å². The lowest BCUT2D eigenvalue weighted by atomic mass is 10.2. The lowest BCUT2D eigenvalue weighted by Crippen LogP contribution is -2.05. The molecule has 74 valence electrons. The molecule has 2 aromatic heterocycles. The van der Waals surface area contributed by atoms with Crippen LogP contribution in [0.2, 0.25) is 0 Å². The molecule has 3 aromatic rings. The summed E-state index contributed by atoms with van der Waals surface area (Å²) in [4.78, 5) is 18.2. The van der Waals surface area contributed by atoms with Crippen molar-refractivity contribution in [2.75, 3.05) is 0 Å². The number of hydrogen-bond acceptors (Lipinski definition) is 3. The topological polar surface area (TPSA) is 48.6 Å². The van der Waals surface area contributed by atoms with Crippen molar-refractivity contribution in [3.8, 4) is 0 Å². The van der Waals surface area contributed by atoms with Gasteiger partial charge in [-0.1, -0.05) is 18.2 Å². The van der Waals surface area contributed by atoms with E-state index in [2.05, 4.69) is 9.97 Å². The molecule has 0 aliphatic heterocycles. The van der Waals surface area contributed by atoms with Crippen LogP contribution in [0.1, 0.15) is 0 Å². The average Bonchev–Trinajstić information content (AvgIpc) is 2.54. The van der Waals surface area contributed by atoms with Gasteiger partial charge in [-0.2, -0.15) is 0 Å². The number of H-pyrrole nitrogens is 2. The second-order valence-electron chi connectivity index (χ2n) is 3.21. The van der Waals surface area contributed by atoms with Crippen LogP contribution in [0.3, 0.4) is 0 Å². The minimum absolute atomic E-state index is 0.119. The predicted octanol–water partition coefficient (Wildman–Crippen LogP) is 2.80. The van der Waals surface area contributed by atoms with E-state index in [9.17, 15) is 4.79 Å². The van der Waals surface area contributed by atoms with E-state index in [1.165, 1.54) is 0 Å². The van der Waals surface area contributed by atoms with Crippen molar-refractivity contribution in [1.29, 1.82) is 0 Å². The van der Waals surface area contributed by atoms with Gasteiger partial charge in [0.05, 0.1) is 5.39 Å². The molecule has 2 heterocycles. The molecule has 0 spiro atoms. The third kappa shape index (κ3) is 1.24. The first-order valence-electron chi connectivity index (χ1n) is 4.39. The van der Waals surface area contributed by atoms with E-state index in [1.54, 1.807) is 11.3 Å². The highest BCUT2D eigenvalue weighted by Crippen LogP contribution is 2.29. The van der Waals surface area contributed by atoms with Crippen LogP contribution in [0, 0.1) is 4.77 Å². The van der Waals surface area contributed by atoms with E-state index in [-0.39, 0.29) is 5.56 Å². The molecule has 15 heavy (non-hydrogen) atoms. The molecule has 2 N–H and O–H groups in total. The highest BCUT2D eigenvalue weighted by Gasteiger charge is 2.07. The molecule has 0 amide bonds. The third-order valence-electron chi connectivity index (χ3n) is 2.28. The van der Waals surface area contributed by atoms with E-state index >= 15 is 0 Å². The molecular formula is C10H6N2OS2. The van der Waals surface area contributed by atoms with E-state index in [1.807, 2.05) is 24.3 Å². The summed E-state index contributed by atoms with van der Waals surface area (Å²) in [5, 5.41) is 1.68. The molecule has 0 aliphatic rings. The Kier molecular flexibility index (Phi) is 1.77. The molecule has 0 unspecified atom stereocenters. The molecule has 0 saturated heterocycles. The SMILES string of the molecule is O=c1[nH]c(=S)[nH]c2sc3ccccc3c12.